The fourth-order valence-corrected chi connectivity index (χ4v) is 4.26. The molecule has 0 radical (unpaired) electrons. The molecule has 0 saturated heterocycles. The van der Waals surface area contributed by atoms with Crippen molar-refractivity contribution in [3.63, 3.8) is 0 Å². The predicted octanol–water partition coefficient (Wildman–Crippen LogP) is 1.79. The Morgan fingerprint density at radius 2 is 1.33 bits per heavy atom. The third-order valence-corrected chi connectivity index (χ3v) is 5.51. The molecule has 0 bridgehead atoms. The second kappa shape index (κ2) is 12.1. The highest BCUT2D eigenvalue weighted by molar-refractivity contribution is 6.60. The Bertz CT molecular complexity index is 166. The summed E-state index contributed by atoms with van der Waals surface area (Å²) in [7, 11) is -2.47. The lowest BCUT2D eigenvalue weighted by Gasteiger charge is -2.28. The summed E-state index contributed by atoms with van der Waals surface area (Å²) in [5.74, 6) is 0. The first-order valence-corrected chi connectivity index (χ1v) is 8.87. The second-order valence-corrected chi connectivity index (χ2v) is 6.57. The third kappa shape index (κ3) is 8.18. The molecule has 0 spiro atoms. The Hall–Kier alpha value is 0.0169. The quantitative estimate of drug-likeness (QED) is 0.411. The molecule has 18 heavy (non-hydrogen) atoms. The number of hydrogen-bond donors (Lipinski definition) is 1. The highest BCUT2D eigenvalue weighted by atomic mass is 28.4. The average molecular weight is 279 g/mol. The first-order chi connectivity index (χ1) is 8.74. The summed E-state index contributed by atoms with van der Waals surface area (Å²) in [6.45, 7) is 9.90. The van der Waals surface area contributed by atoms with Gasteiger partial charge in [0.05, 0.1) is 0 Å². The minimum absolute atomic E-state index is 0.625. The van der Waals surface area contributed by atoms with Crippen LogP contribution in [0, 0.1) is 0 Å². The Balaban J connectivity index is 3.97. The van der Waals surface area contributed by atoms with Crippen LogP contribution in [0.3, 0.4) is 0 Å². The zero-order valence-corrected chi connectivity index (χ0v) is 13.1. The molecular weight excluding hydrogens is 250 g/mol. The molecule has 0 aromatic heterocycles. The normalized spacial score (nSPS) is 12.0. The van der Waals surface area contributed by atoms with E-state index in [4.69, 9.17) is 23.7 Å². The molecule has 0 aromatic carbocycles. The van der Waals surface area contributed by atoms with Crippen molar-refractivity contribution in [2.24, 2.45) is 5.73 Å². The van der Waals surface area contributed by atoms with Gasteiger partial charge in [-0.25, -0.2) is 0 Å². The van der Waals surface area contributed by atoms with Gasteiger partial charge in [-0.3, -0.25) is 0 Å². The Morgan fingerprint density at radius 3 is 1.78 bits per heavy atom. The van der Waals surface area contributed by atoms with Gasteiger partial charge in [-0.05, 0) is 40.2 Å². The fraction of sp³-hybridized carbons (Fsp3) is 1.00. The molecule has 5 nitrogen and oxygen atoms in total. The highest BCUT2D eigenvalue weighted by Gasteiger charge is 2.39. The summed E-state index contributed by atoms with van der Waals surface area (Å²) < 4.78 is 22.8. The van der Waals surface area contributed by atoms with E-state index in [9.17, 15) is 0 Å². The summed E-state index contributed by atoms with van der Waals surface area (Å²) in [4.78, 5) is 0. The van der Waals surface area contributed by atoms with E-state index in [0.717, 1.165) is 25.5 Å². The highest BCUT2D eigenvalue weighted by Crippen LogP contribution is 2.18. The summed E-state index contributed by atoms with van der Waals surface area (Å²) in [6.07, 6.45) is 1.81. The fourth-order valence-electron chi connectivity index (χ4n) is 1.68. The smallest absolute Gasteiger partial charge is 0.381 e. The van der Waals surface area contributed by atoms with Gasteiger partial charge in [0.2, 0.25) is 0 Å². The molecule has 2 N–H and O–H groups in total. The zero-order valence-electron chi connectivity index (χ0n) is 12.1. The minimum Gasteiger partial charge on any atom is -0.381 e. The van der Waals surface area contributed by atoms with Gasteiger partial charge in [-0.2, -0.15) is 0 Å². The van der Waals surface area contributed by atoms with Crippen molar-refractivity contribution in [3.8, 4) is 0 Å². The van der Waals surface area contributed by atoms with Crippen LogP contribution in [0.15, 0.2) is 0 Å². The van der Waals surface area contributed by atoms with E-state index in [-0.39, 0.29) is 0 Å². The minimum atomic E-state index is -2.47. The monoisotopic (exact) mass is 279 g/mol. The summed E-state index contributed by atoms with van der Waals surface area (Å²) in [5, 5.41) is 0. The first kappa shape index (κ1) is 18.0. The molecule has 0 fully saturated rings. The molecular formula is C12H29NO4Si. The van der Waals surface area contributed by atoms with E-state index in [1.165, 1.54) is 0 Å². The molecule has 0 aliphatic carbocycles. The topological polar surface area (TPSA) is 62.9 Å². The molecule has 0 aromatic rings. The predicted molar refractivity (Wildman–Crippen MR) is 74.5 cm³/mol. The number of hydrogen-bond acceptors (Lipinski definition) is 5. The lowest BCUT2D eigenvalue weighted by atomic mass is 10.4. The maximum atomic E-state index is 5.76. The van der Waals surface area contributed by atoms with E-state index in [1.54, 1.807) is 0 Å². The van der Waals surface area contributed by atoms with Crippen molar-refractivity contribution < 1.29 is 18.0 Å². The van der Waals surface area contributed by atoms with Crippen LogP contribution in [0.5, 0.6) is 0 Å². The van der Waals surface area contributed by atoms with Gasteiger partial charge in [0, 0.05) is 39.1 Å². The molecule has 0 amide bonds. The van der Waals surface area contributed by atoms with Crippen molar-refractivity contribution >= 4 is 8.80 Å². The van der Waals surface area contributed by atoms with E-state index in [0.29, 0.717) is 33.0 Å². The Labute approximate surface area is 112 Å². The van der Waals surface area contributed by atoms with Crippen molar-refractivity contribution in [3.05, 3.63) is 0 Å². The number of rotatable bonds is 13. The van der Waals surface area contributed by atoms with Gasteiger partial charge >= 0.3 is 8.80 Å². The van der Waals surface area contributed by atoms with Crippen molar-refractivity contribution in [2.75, 3.05) is 39.6 Å². The Kier molecular flexibility index (Phi) is 12.1. The van der Waals surface area contributed by atoms with Gasteiger partial charge in [0.1, 0.15) is 0 Å². The summed E-state index contributed by atoms with van der Waals surface area (Å²) in [5.41, 5.74) is 5.40. The van der Waals surface area contributed by atoms with Gasteiger partial charge in [0.25, 0.3) is 0 Å². The van der Waals surface area contributed by atoms with E-state index in [1.807, 2.05) is 20.8 Å². The van der Waals surface area contributed by atoms with Crippen molar-refractivity contribution in [1.29, 1.82) is 0 Å². The largest absolute Gasteiger partial charge is 0.501 e. The van der Waals surface area contributed by atoms with Crippen LogP contribution in [0.2, 0.25) is 6.04 Å². The average Bonchev–Trinajstić information content (AvgIpc) is 2.35. The third-order valence-electron chi connectivity index (χ3n) is 2.36. The van der Waals surface area contributed by atoms with E-state index >= 15 is 0 Å². The van der Waals surface area contributed by atoms with Crippen LogP contribution >= 0.6 is 0 Å². The molecule has 0 aliphatic heterocycles. The SMILES string of the molecule is CCO[Si](CCCOCCCN)(OCC)OCC. The molecule has 110 valence electrons. The van der Waals surface area contributed by atoms with E-state index in [2.05, 4.69) is 0 Å². The van der Waals surface area contributed by atoms with Crippen LogP contribution < -0.4 is 5.73 Å². The molecule has 6 heteroatoms. The van der Waals surface area contributed by atoms with E-state index < -0.39 is 8.80 Å². The lowest BCUT2D eigenvalue weighted by molar-refractivity contribution is 0.0658. The molecule has 0 rings (SSSR count). The second-order valence-electron chi connectivity index (χ2n) is 3.84. The lowest BCUT2D eigenvalue weighted by Crippen LogP contribution is -2.46. The van der Waals surface area contributed by atoms with Crippen LogP contribution in [0.4, 0.5) is 0 Å². The van der Waals surface area contributed by atoms with Crippen molar-refractivity contribution in [1.82, 2.24) is 0 Å². The molecule has 0 atom stereocenters. The van der Waals surface area contributed by atoms with Gasteiger partial charge in [-0.15, -0.1) is 0 Å². The summed E-state index contributed by atoms with van der Waals surface area (Å²) >= 11 is 0. The van der Waals surface area contributed by atoms with Crippen LogP contribution in [-0.4, -0.2) is 48.4 Å². The van der Waals surface area contributed by atoms with Crippen LogP contribution in [0.25, 0.3) is 0 Å². The van der Waals surface area contributed by atoms with Gasteiger partial charge in [0.15, 0.2) is 0 Å². The van der Waals surface area contributed by atoms with Crippen LogP contribution in [-0.2, 0) is 18.0 Å². The maximum absolute atomic E-state index is 5.76. The molecule has 0 unspecified atom stereocenters. The standard InChI is InChI=1S/C12H29NO4Si/c1-4-15-18(16-5-2,17-6-3)12-8-11-14-10-7-9-13/h4-13H2,1-3H3. The van der Waals surface area contributed by atoms with Gasteiger partial charge in [-0.1, -0.05) is 0 Å². The molecule has 0 aliphatic rings. The van der Waals surface area contributed by atoms with Crippen LogP contribution in [0.1, 0.15) is 33.6 Å². The Morgan fingerprint density at radius 1 is 0.833 bits per heavy atom. The summed E-state index contributed by atoms with van der Waals surface area (Å²) in [6, 6.07) is 0.811. The number of nitrogens with two attached hydrogens (primary N) is 1. The molecule has 0 saturated carbocycles. The molecule has 0 heterocycles. The van der Waals surface area contributed by atoms with Crippen molar-refractivity contribution in [2.45, 2.75) is 39.7 Å². The first-order valence-electron chi connectivity index (χ1n) is 6.94. The maximum Gasteiger partial charge on any atom is 0.501 e. The zero-order chi connectivity index (χ0) is 13.7. The van der Waals surface area contributed by atoms with Gasteiger partial charge < -0.3 is 23.7 Å². The number of ether oxygens (including phenoxy) is 1.